The number of nitrogens with zero attached hydrogens (tertiary/aromatic N) is 3. The van der Waals surface area contributed by atoms with Crippen LogP contribution in [0.3, 0.4) is 0 Å². The predicted molar refractivity (Wildman–Crippen MR) is 111 cm³/mol. The molecule has 1 saturated heterocycles. The van der Waals surface area contributed by atoms with Gasteiger partial charge in [0.05, 0.1) is 12.1 Å². The monoisotopic (exact) mass is 466 g/mol. The van der Waals surface area contributed by atoms with E-state index in [9.17, 15) is 19.2 Å². The van der Waals surface area contributed by atoms with E-state index in [1.165, 1.54) is 41.2 Å². The van der Waals surface area contributed by atoms with Crippen LogP contribution in [0.15, 0.2) is 34.5 Å². The number of nitrogens with one attached hydrogen (secondary N) is 1. The zero-order valence-corrected chi connectivity index (χ0v) is 18.1. The highest BCUT2D eigenvalue weighted by molar-refractivity contribution is 8.00. The molecule has 3 heterocycles. The van der Waals surface area contributed by atoms with Gasteiger partial charge in [-0.05, 0) is 12.5 Å². The first kappa shape index (κ1) is 22.5. The average molecular weight is 466 g/mol. The maximum Gasteiger partial charge on any atom is 0.355 e. The number of methoxy groups -OCH3 is 1. The number of esters is 1. The molecule has 0 aliphatic carbocycles. The van der Waals surface area contributed by atoms with Gasteiger partial charge < -0.3 is 20.0 Å². The highest BCUT2D eigenvalue weighted by atomic mass is 32.2. The molecule has 1 fully saturated rings. The van der Waals surface area contributed by atoms with Crippen molar-refractivity contribution in [3.05, 3.63) is 40.0 Å². The number of aliphatic carboxylic acids is 1. The van der Waals surface area contributed by atoms with Crippen LogP contribution in [-0.4, -0.2) is 75.3 Å². The molecule has 164 valence electrons. The molecule has 0 radical (unpaired) electrons. The lowest BCUT2D eigenvalue weighted by Crippen LogP contribution is -2.71. The molecule has 2 aliphatic rings. The lowest BCUT2D eigenvalue weighted by molar-refractivity contribution is -0.151. The number of hydrogen-bond donors (Lipinski definition) is 2. The molecule has 2 unspecified atom stereocenters. The first-order valence-electron chi connectivity index (χ1n) is 8.82. The molecule has 1 aromatic rings. The van der Waals surface area contributed by atoms with Crippen molar-refractivity contribution in [3.63, 3.8) is 0 Å². The van der Waals surface area contributed by atoms with Crippen molar-refractivity contribution in [2.24, 2.45) is 5.16 Å². The van der Waals surface area contributed by atoms with Gasteiger partial charge in [0, 0.05) is 11.1 Å². The maximum absolute atomic E-state index is 12.8. The number of carbonyl (C=O) groups is 4. The van der Waals surface area contributed by atoms with Gasteiger partial charge in [0.25, 0.3) is 11.8 Å². The van der Waals surface area contributed by atoms with Gasteiger partial charge in [-0.25, -0.2) is 14.6 Å². The Kier molecular flexibility index (Phi) is 6.75. The van der Waals surface area contributed by atoms with Crippen molar-refractivity contribution in [2.75, 3.05) is 19.5 Å². The number of rotatable bonds is 8. The minimum absolute atomic E-state index is 0.102. The first-order valence-corrected chi connectivity index (χ1v) is 10.7. The number of allylic oxidation sites excluding steroid dienone is 1. The van der Waals surface area contributed by atoms with E-state index >= 15 is 0 Å². The molecule has 11 nitrogen and oxygen atoms in total. The van der Waals surface area contributed by atoms with E-state index in [1.807, 2.05) is 0 Å². The fourth-order valence-electron chi connectivity index (χ4n) is 2.92. The second-order valence-corrected chi connectivity index (χ2v) is 8.46. The second kappa shape index (κ2) is 9.31. The van der Waals surface area contributed by atoms with E-state index in [2.05, 4.69) is 22.0 Å². The number of amides is 2. The molecule has 13 heteroatoms. The van der Waals surface area contributed by atoms with Gasteiger partial charge in [-0.3, -0.25) is 14.5 Å². The van der Waals surface area contributed by atoms with E-state index in [0.29, 0.717) is 16.3 Å². The van der Waals surface area contributed by atoms with Crippen LogP contribution in [0.4, 0.5) is 0 Å². The van der Waals surface area contributed by atoms with Crippen molar-refractivity contribution in [1.29, 1.82) is 0 Å². The molecule has 1 aromatic heterocycles. The van der Waals surface area contributed by atoms with Gasteiger partial charge in [0.2, 0.25) is 6.61 Å². The summed E-state index contributed by atoms with van der Waals surface area (Å²) in [6.45, 7) is 4.65. The van der Waals surface area contributed by atoms with Crippen molar-refractivity contribution in [3.8, 4) is 0 Å². The second-order valence-electron chi connectivity index (χ2n) is 6.29. The highest BCUT2D eigenvalue weighted by Crippen LogP contribution is 2.40. The third-order valence-corrected chi connectivity index (χ3v) is 6.41. The Balaban J connectivity index is 1.80. The minimum Gasteiger partial charge on any atom is -0.479 e. The molecule has 2 amide bonds. The number of thiazole rings is 1. The Morgan fingerprint density at radius 1 is 1.48 bits per heavy atom. The standard InChI is InChI=1S/C18H18N4O7S2/c1-4-9-6-31-17-13(16(26)22(17)14(9)18(27)28-3)20-15(25)12(21-29-5-11(23)24)10-7-30-8(2)19-10/h4,7,13,17H,1,5-6H2,2-3H3,(H,20,25)(H,23,24)/b21-12+. The molecule has 3 rings (SSSR count). The van der Waals surface area contributed by atoms with Crippen LogP contribution in [0.2, 0.25) is 0 Å². The largest absolute Gasteiger partial charge is 0.479 e. The number of carboxylic acid groups (broad SMARTS) is 1. The van der Waals surface area contributed by atoms with E-state index in [0.717, 1.165) is 0 Å². The minimum atomic E-state index is -1.26. The maximum atomic E-state index is 12.8. The summed E-state index contributed by atoms with van der Waals surface area (Å²) in [6.07, 6.45) is 1.49. The average Bonchev–Trinajstić information content (AvgIpc) is 3.18. The van der Waals surface area contributed by atoms with Crippen LogP contribution in [-0.2, 0) is 28.8 Å². The van der Waals surface area contributed by atoms with Crippen molar-refractivity contribution in [1.82, 2.24) is 15.2 Å². The number of hydrogen-bond acceptors (Lipinski definition) is 10. The summed E-state index contributed by atoms with van der Waals surface area (Å²) in [5.41, 5.74) is 0.599. The normalized spacial score (nSPS) is 20.5. The van der Waals surface area contributed by atoms with E-state index < -0.39 is 41.8 Å². The van der Waals surface area contributed by atoms with Crippen LogP contribution in [0.25, 0.3) is 0 Å². The van der Waals surface area contributed by atoms with Crippen LogP contribution in [0.1, 0.15) is 10.7 Å². The number of carboxylic acids is 1. The Bertz CT molecular complexity index is 1020. The SMILES string of the molecule is C=CC1=C(C(=O)OC)N2C(=O)C(NC(=O)/C(=N/OCC(=O)O)c3csc(C)n3)C2SC1. The van der Waals surface area contributed by atoms with Crippen molar-refractivity contribution < 1.29 is 33.9 Å². The van der Waals surface area contributed by atoms with Crippen molar-refractivity contribution >= 4 is 52.6 Å². The van der Waals surface area contributed by atoms with Gasteiger partial charge in [0.15, 0.2) is 5.71 Å². The topological polar surface area (TPSA) is 147 Å². The van der Waals surface area contributed by atoms with Gasteiger partial charge in [0.1, 0.15) is 22.8 Å². The number of ether oxygens (including phenoxy) is 1. The van der Waals surface area contributed by atoms with E-state index in [-0.39, 0.29) is 17.1 Å². The molecular weight excluding hydrogens is 448 g/mol. The molecule has 2 aliphatic heterocycles. The number of aryl methyl sites for hydroxylation is 1. The Morgan fingerprint density at radius 3 is 2.81 bits per heavy atom. The molecule has 2 N–H and O–H groups in total. The molecule has 0 saturated carbocycles. The van der Waals surface area contributed by atoms with Crippen LogP contribution in [0.5, 0.6) is 0 Å². The molecule has 0 aromatic carbocycles. The van der Waals surface area contributed by atoms with Crippen LogP contribution >= 0.6 is 23.1 Å². The molecule has 31 heavy (non-hydrogen) atoms. The Morgan fingerprint density at radius 2 is 2.23 bits per heavy atom. The van der Waals surface area contributed by atoms with Crippen molar-refractivity contribution in [2.45, 2.75) is 18.3 Å². The predicted octanol–water partition coefficient (Wildman–Crippen LogP) is 0.270. The summed E-state index contributed by atoms with van der Waals surface area (Å²) in [6, 6.07) is -0.923. The zero-order valence-electron chi connectivity index (χ0n) is 16.5. The number of oxime groups is 1. The van der Waals surface area contributed by atoms with Gasteiger partial charge in [-0.2, -0.15) is 0 Å². The summed E-state index contributed by atoms with van der Waals surface area (Å²) >= 11 is 2.62. The summed E-state index contributed by atoms with van der Waals surface area (Å²) in [5.74, 6) is -2.78. The summed E-state index contributed by atoms with van der Waals surface area (Å²) in [7, 11) is 1.21. The highest BCUT2D eigenvalue weighted by Gasteiger charge is 2.54. The first-order chi connectivity index (χ1) is 14.8. The number of β-lactam (4-membered cyclic amide) rings is 1. The Hall–Kier alpha value is -3.19. The van der Waals surface area contributed by atoms with E-state index in [4.69, 9.17) is 14.7 Å². The smallest absolute Gasteiger partial charge is 0.355 e. The number of fused-ring (bicyclic) bond motifs is 1. The lowest BCUT2D eigenvalue weighted by Gasteiger charge is -2.49. The van der Waals surface area contributed by atoms with Gasteiger partial charge in [-0.1, -0.05) is 17.8 Å². The van der Waals surface area contributed by atoms with Gasteiger partial charge in [-0.15, -0.1) is 23.1 Å². The van der Waals surface area contributed by atoms with Gasteiger partial charge >= 0.3 is 11.9 Å². The molecule has 0 spiro atoms. The van der Waals surface area contributed by atoms with Crippen LogP contribution in [0, 0.1) is 6.92 Å². The number of carbonyl (C=O) groups excluding carboxylic acids is 3. The molecule has 0 bridgehead atoms. The summed E-state index contributed by atoms with van der Waals surface area (Å²) < 4.78 is 4.78. The third kappa shape index (κ3) is 4.46. The summed E-state index contributed by atoms with van der Waals surface area (Å²) in [4.78, 5) is 58.6. The third-order valence-electron chi connectivity index (χ3n) is 4.33. The molecule has 2 atom stereocenters. The van der Waals surface area contributed by atoms with Crippen LogP contribution < -0.4 is 5.32 Å². The number of aromatic nitrogens is 1. The Labute approximate surface area is 184 Å². The lowest BCUT2D eigenvalue weighted by atomic mass is 10.0. The summed E-state index contributed by atoms with van der Waals surface area (Å²) in [5, 5.41) is 16.6. The quantitative estimate of drug-likeness (QED) is 0.238. The zero-order chi connectivity index (χ0) is 22.7. The fraction of sp³-hybridized carbons (Fsp3) is 0.333. The fourth-order valence-corrected chi connectivity index (χ4v) is 4.86. The number of thioether (sulfide) groups is 1. The molecular formula is C18H18N4O7S2. The van der Waals surface area contributed by atoms with E-state index in [1.54, 1.807) is 12.3 Å².